The summed E-state index contributed by atoms with van der Waals surface area (Å²) in [5, 5.41) is 19.2. The van der Waals surface area contributed by atoms with Crippen molar-refractivity contribution in [3.05, 3.63) is 48.0 Å². The van der Waals surface area contributed by atoms with Gasteiger partial charge in [-0.15, -0.1) is 0 Å². The summed E-state index contributed by atoms with van der Waals surface area (Å²) in [6, 6.07) is 11.8. The lowest BCUT2D eigenvalue weighted by Gasteiger charge is -2.09. The van der Waals surface area contributed by atoms with Crippen molar-refractivity contribution in [3.8, 4) is 17.2 Å². The van der Waals surface area contributed by atoms with E-state index in [4.69, 9.17) is 10.5 Å². The maximum atomic E-state index is 9.59. The van der Waals surface area contributed by atoms with E-state index in [9.17, 15) is 10.2 Å². The molecular formula is C14H15NO3. The van der Waals surface area contributed by atoms with Crippen molar-refractivity contribution < 1.29 is 14.9 Å². The van der Waals surface area contributed by atoms with Crippen LogP contribution >= 0.6 is 0 Å². The summed E-state index contributed by atoms with van der Waals surface area (Å²) in [4.78, 5) is 0. The van der Waals surface area contributed by atoms with Crippen molar-refractivity contribution in [2.45, 2.75) is 6.42 Å². The molecule has 0 unspecified atom stereocenters. The number of anilines is 1. The fourth-order valence-corrected chi connectivity index (χ4v) is 1.65. The van der Waals surface area contributed by atoms with Crippen LogP contribution in [0.1, 0.15) is 5.56 Å². The Labute approximate surface area is 105 Å². The molecule has 0 amide bonds. The molecule has 0 radical (unpaired) electrons. The Bertz CT molecular complexity index is 540. The number of rotatable bonds is 4. The van der Waals surface area contributed by atoms with Crippen molar-refractivity contribution in [2.24, 2.45) is 0 Å². The smallest absolute Gasteiger partial charge is 0.161 e. The number of aromatic hydroxyl groups is 2. The predicted octanol–water partition coefficient (Wildman–Crippen LogP) is 2.30. The second-order valence-electron chi connectivity index (χ2n) is 3.95. The van der Waals surface area contributed by atoms with E-state index in [1.54, 1.807) is 24.3 Å². The van der Waals surface area contributed by atoms with E-state index in [1.165, 1.54) is 6.07 Å². The fraction of sp³-hybridized carbons (Fsp3) is 0.143. The topological polar surface area (TPSA) is 75.7 Å². The summed E-state index contributed by atoms with van der Waals surface area (Å²) in [5.74, 6) is 0.662. The molecular weight excluding hydrogens is 230 g/mol. The number of benzene rings is 2. The number of hydrogen-bond donors (Lipinski definition) is 3. The first-order chi connectivity index (χ1) is 8.66. The quantitative estimate of drug-likeness (QED) is 0.722. The van der Waals surface area contributed by atoms with E-state index >= 15 is 0 Å². The van der Waals surface area contributed by atoms with Gasteiger partial charge in [0, 0.05) is 18.2 Å². The van der Waals surface area contributed by atoms with Gasteiger partial charge in [-0.3, -0.25) is 0 Å². The molecule has 94 valence electrons. The first-order valence-electron chi connectivity index (χ1n) is 5.65. The minimum absolute atomic E-state index is 0.0206. The van der Waals surface area contributed by atoms with E-state index in [-0.39, 0.29) is 11.5 Å². The van der Waals surface area contributed by atoms with Crippen LogP contribution in [0.4, 0.5) is 5.69 Å². The molecule has 0 saturated carbocycles. The van der Waals surface area contributed by atoms with Crippen LogP contribution in [0.3, 0.4) is 0 Å². The molecule has 2 aromatic carbocycles. The summed E-state index contributed by atoms with van der Waals surface area (Å²) in [6.07, 6.45) is 0.566. The predicted molar refractivity (Wildman–Crippen MR) is 69.8 cm³/mol. The lowest BCUT2D eigenvalue weighted by atomic mass is 10.1. The minimum Gasteiger partial charge on any atom is -0.508 e. The van der Waals surface area contributed by atoms with Crippen LogP contribution in [0.2, 0.25) is 0 Å². The number of nitrogens with two attached hydrogens (primary N) is 1. The second-order valence-corrected chi connectivity index (χ2v) is 3.95. The summed E-state index contributed by atoms with van der Waals surface area (Å²) >= 11 is 0. The largest absolute Gasteiger partial charge is 0.508 e. The molecule has 0 aliphatic carbocycles. The molecule has 0 saturated heterocycles. The molecule has 0 spiro atoms. The SMILES string of the molecule is Nc1ccc(OCCc2ccccc2O)c(O)c1. The highest BCUT2D eigenvalue weighted by Crippen LogP contribution is 2.28. The zero-order chi connectivity index (χ0) is 13.0. The maximum Gasteiger partial charge on any atom is 0.161 e. The molecule has 0 fully saturated rings. The number of nitrogen functional groups attached to an aromatic ring is 1. The fourth-order valence-electron chi connectivity index (χ4n) is 1.65. The molecule has 2 aromatic rings. The van der Waals surface area contributed by atoms with E-state index in [2.05, 4.69) is 0 Å². The van der Waals surface area contributed by atoms with Crippen LogP contribution < -0.4 is 10.5 Å². The molecule has 0 aliphatic heterocycles. The Balaban J connectivity index is 1.95. The molecule has 0 aromatic heterocycles. The summed E-state index contributed by atoms with van der Waals surface area (Å²) in [6.45, 7) is 0.370. The van der Waals surface area contributed by atoms with Crippen molar-refractivity contribution >= 4 is 5.69 Å². The Kier molecular flexibility index (Phi) is 3.57. The van der Waals surface area contributed by atoms with Gasteiger partial charge in [0.15, 0.2) is 11.5 Å². The van der Waals surface area contributed by atoms with Crippen molar-refractivity contribution in [3.63, 3.8) is 0 Å². The lowest BCUT2D eigenvalue weighted by molar-refractivity contribution is 0.301. The first-order valence-corrected chi connectivity index (χ1v) is 5.65. The van der Waals surface area contributed by atoms with Crippen LogP contribution in [0.5, 0.6) is 17.2 Å². The highest BCUT2D eigenvalue weighted by molar-refractivity contribution is 5.51. The molecule has 18 heavy (non-hydrogen) atoms. The highest BCUT2D eigenvalue weighted by Gasteiger charge is 2.04. The Morgan fingerprint density at radius 2 is 1.78 bits per heavy atom. The van der Waals surface area contributed by atoms with E-state index in [0.717, 1.165) is 5.56 Å². The summed E-state index contributed by atoms with van der Waals surface area (Å²) in [5.41, 5.74) is 6.82. The number of para-hydroxylation sites is 1. The van der Waals surface area contributed by atoms with Gasteiger partial charge in [0.25, 0.3) is 0 Å². The highest BCUT2D eigenvalue weighted by atomic mass is 16.5. The molecule has 0 aliphatic rings. The third kappa shape index (κ3) is 2.85. The van der Waals surface area contributed by atoms with Gasteiger partial charge in [-0.25, -0.2) is 0 Å². The zero-order valence-corrected chi connectivity index (χ0v) is 9.84. The first kappa shape index (κ1) is 12.1. The molecule has 4 N–H and O–H groups in total. The van der Waals surface area contributed by atoms with E-state index in [1.807, 2.05) is 12.1 Å². The van der Waals surface area contributed by atoms with Crippen LogP contribution in [0.15, 0.2) is 42.5 Å². The van der Waals surface area contributed by atoms with Gasteiger partial charge in [0.2, 0.25) is 0 Å². The normalized spacial score (nSPS) is 10.2. The average molecular weight is 245 g/mol. The minimum atomic E-state index is 0.0206. The summed E-state index contributed by atoms with van der Waals surface area (Å²) in [7, 11) is 0. The Hall–Kier alpha value is -2.36. The lowest BCUT2D eigenvalue weighted by Crippen LogP contribution is -2.02. The van der Waals surface area contributed by atoms with Gasteiger partial charge in [-0.2, -0.15) is 0 Å². The van der Waals surface area contributed by atoms with Gasteiger partial charge < -0.3 is 20.7 Å². The Morgan fingerprint density at radius 1 is 1.00 bits per heavy atom. The van der Waals surface area contributed by atoms with Crippen LogP contribution in [-0.4, -0.2) is 16.8 Å². The number of ether oxygens (including phenoxy) is 1. The van der Waals surface area contributed by atoms with Crippen LogP contribution in [-0.2, 0) is 6.42 Å². The number of hydrogen-bond acceptors (Lipinski definition) is 4. The average Bonchev–Trinajstić information content (AvgIpc) is 2.34. The van der Waals surface area contributed by atoms with Crippen molar-refractivity contribution in [2.75, 3.05) is 12.3 Å². The zero-order valence-electron chi connectivity index (χ0n) is 9.84. The van der Waals surface area contributed by atoms with Crippen molar-refractivity contribution in [1.82, 2.24) is 0 Å². The van der Waals surface area contributed by atoms with E-state index in [0.29, 0.717) is 24.5 Å². The molecule has 0 bridgehead atoms. The number of phenols is 2. The van der Waals surface area contributed by atoms with Gasteiger partial charge >= 0.3 is 0 Å². The van der Waals surface area contributed by atoms with Crippen molar-refractivity contribution in [1.29, 1.82) is 0 Å². The standard InChI is InChI=1S/C14H15NO3/c15-11-5-6-14(13(17)9-11)18-8-7-10-3-1-2-4-12(10)16/h1-6,9,16-17H,7-8,15H2. The van der Waals surface area contributed by atoms with Gasteiger partial charge in [0.1, 0.15) is 5.75 Å². The van der Waals surface area contributed by atoms with Crippen LogP contribution in [0.25, 0.3) is 0 Å². The van der Waals surface area contributed by atoms with Gasteiger partial charge in [-0.05, 0) is 23.8 Å². The molecule has 4 nitrogen and oxygen atoms in total. The molecule has 4 heteroatoms. The van der Waals surface area contributed by atoms with Crippen LogP contribution in [0, 0.1) is 0 Å². The third-order valence-electron chi connectivity index (χ3n) is 2.60. The monoisotopic (exact) mass is 245 g/mol. The Morgan fingerprint density at radius 3 is 2.50 bits per heavy atom. The van der Waals surface area contributed by atoms with Gasteiger partial charge in [-0.1, -0.05) is 18.2 Å². The molecule has 0 atom stereocenters. The van der Waals surface area contributed by atoms with Gasteiger partial charge in [0.05, 0.1) is 6.61 Å². The number of phenolic OH excluding ortho intramolecular Hbond substituents is 2. The maximum absolute atomic E-state index is 9.59. The molecule has 2 rings (SSSR count). The second kappa shape index (κ2) is 5.31. The summed E-state index contributed by atoms with van der Waals surface area (Å²) < 4.78 is 5.43. The molecule has 0 heterocycles. The van der Waals surface area contributed by atoms with E-state index < -0.39 is 0 Å². The third-order valence-corrected chi connectivity index (χ3v) is 2.60.